The van der Waals surface area contributed by atoms with Crippen LogP contribution in [-0.4, -0.2) is 17.1 Å². The van der Waals surface area contributed by atoms with Gasteiger partial charge >= 0.3 is 0 Å². The predicted octanol–water partition coefficient (Wildman–Crippen LogP) is 6.33. The number of benzene rings is 3. The summed E-state index contributed by atoms with van der Waals surface area (Å²) < 4.78 is 0. The zero-order valence-electron chi connectivity index (χ0n) is 19.6. The molecule has 0 aliphatic carbocycles. The molecule has 3 aromatic rings. The molecule has 35 heavy (non-hydrogen) atoms. The molecule has 2 amide bonds. The fourth-order valence-electron chi connectivity index (χ4n) is 3.83. The van der Waals surface area contributed by atoms with Crippen LogP contribution in [0.4, 0.5) is 11.4 Å². The number of hydrogen-bond donors (Lipinski definition) is 1. The van der Waals surface area contributed by atoms with Crippen molar-refractivity contribution >= 4 is 46.6 Å². The topological polar surface area (TPSA) is 73.2 Å². The van der Waals surface area contributed by atoms with E-state index in [0.29, 0.717) is 27.8 Å². The number of para-hydroxylation sites is 1. The Morgan fingerprint density at radius 3 is 2.43 bits per heavy atom. The van der Waals surface area contributed by atoms with E-state index in [1.807, 2.05) is 81.4 Å². The summed E-state index contributed by atoms with van der Waals surface area (Å²) in [7, 11) is 0. The normalized spacial score (nSPS) is 16.7. The zero-order valence-corrected chi connectivity index (χ0v) is 21.2. The highest BCUT2D eigenvalue weighted by Crippen LogP contribution is 2.43. The molecule has 1 atom stereocenters. The summed E-state index contributed by atoms with van der Waals surface area (Å²) in [5.41, 5.74) is 4.94. The molecule has 0 saturated carbocycles. The maximum absolute atomic E-state index is 13.7. The molecule has 1 aliphatic rings. The van der Waals surface area contributed by atoms with Gasteiger partial charge in [-0.3, -0.25) is 14.5 Å². The first-order chi connectivity index (χ1) is 16.8. The third-order valence-electron chi connectivity index (χ3n) is 5.83. The number of carbonyl (C=O) groups is 2. The Morgan fingerprint density at radius 2 is 1.77 bits per heavy atom. The molecule has 1 unspecified atom stereocenters. The molecule has 0 aromatic heterocycles. The van der Waals surface area contributed by atoms with Crippen LogP contribution in [0.25, 0.3) is 0 Å². The van der Waals surface area contributed by atoms with Crippen molar-refractivity contribution < 1.29 is 9.59 Å². The second-order valence-electron chi connectivity index (χ2n) is 8.47. The average molecular weight is 502 g/mol. The lowest BCUT2D eigenvalue weighted by Gasteiger charge is -2.20. The molecule has 1 N–H and O–H groups in total. The minimum atomic E-state index is -0.552. The third-order valence-corrected chi connectivity index (χ3v) is 7.50. The van der Waals surface area contributed by atoms with Crippen LogP contribution in [0.2, 0.25) is 5.02 Å². The van der Waals surface area contributed by atoms with E-state index < -0.39 is 11.2 Å². The van der Waals surface area contributed by atoms with Crippen molar-refractivity contribution in [3.05, 3.63) is 105 Å². The number of thioether (sulfide) groups is 1. The first kappa shape index (κ1) is 24.6. The molecular formula is C28H24ClN3O2S. The summed E-state index contributed by atoms with van der Waals surface area (Å²) in [5.74, 6) is -0.726. The molecule has 1 heterocycles. The van der Waals surface area contributed by atoms with E-state index in [-0.39, 0.29) is 11.5 Å². The smallest absolute Gasteiger partial charge is 0.269 e. The van der Waals surface area contributed by atoms with Gasteiger partial charge < -0.3 is 5.32 Å². The number of aryl methyl sites for hydroxylation is 3. The number of anilines is 2. The Morgan fingerprint density at radius 1 is 1.06 bits per heavy atom. The first-order valence-electron chi connectivity index (χ1n) is 11.1. The van der Waals surface area contributed by atoms with Crippen LogP contribution in [0.3, 0.4) is 0 Å². The van der Waals surface area contributed by atoms with E-state index in [4.69, 9.17) is 11.6 Å². The van der Waals surface area contributed by atoms with Gasteiger partial charge in [-0.15, -0.1) is 0 Å². The average Bonchev–Trinajstić information content (AvgIpc) is 3.14. The molecule has 0 bridgehead atoms. The summed E-state index contributed by atoms with van der Waals surface area (Å²) in [5, 5.41) is 13.3. The van der Waals surface area contributed by atoms with Crippen molar-refractivity contribution in [2.24, 2.45) is 0 Å². The van der Waals surface area contributed by atoms with Crippen LogP contribution in [0, 0.1) is 32.1 Å². The number of nitriles is 1. The third kappa shape index (κ3) is 5.27. The summed E-state index contributed by atoms with van der Waals surface area (Å²) in [6.07, 6.45) is 0.424. The molecule has 1 saturated heterocycles. The van der Waals surface area contributed by atoms with Crippen LogP contribution in [0.5, 0.6) is 0 Å². The SMILES string of the molecule is Cc1ccc(NC(=O)/C(C#N)=C2\SC(Cc3ccc(C)c(Cl)c3)C(=O)N2c2ccccc2C)cc1. The standard InChI is InChI=1S/C28H24ClN3O2S/c1-17-8-12-21(13-9-17)31-26(33)22(16-30)28-32(24-7-5-4-6-19(24)3)27(34)25(35-28)15-20-11-10-18(2)23(29)14-20/h4-14,25H,15H2,1-3H3,(H,31,33)/b28-22-. The van der Waals surface area contributed by atoms with Gasteiger partial charge in [0.2, 0.25) is 5.91 Å². The van der Waals surface area contributed by atoms with Gasteiger partial charge in [0.25, 0.3) is 5.91 Å². The second kappa shape index (κ2) is 10.4. The molecule has 1 aliphatic heterocycles. The number of hydrogen-bond acceptors (Lipinski definition) is 4. The lowest BCUT2D eigenvalue weighted by Crippen LogP contribution is -2.31. The maximum Gasteiger partial charge on any atom is 0.269 e. The van der Waals surface area contributed by atoms with Gasteiger partial charge in [-0.25, -0.2) is 0 Å². The quantitative estimate of drug-likeness (QED) is 0.327. The Hall–Kier alpha value is -3.53. The fourth-order valence-corrected chi connectivity index (χ4v) is 5.33. The minimum absolute atomic E-state index is 0.100. The van der Waals surface area contributed by atoms with Crippen LogP contribution in [0.15, 0.2) is 77.3 Å². The summed E-state index contributed by atoms with van der Waals surface area (Å²) in [4.78, 5) is 28.3. The Bertz CT molecular complexity index is 1380. The summed E-state index contributed by atoms with van der Waals surface area (Å²) in [6, 6.07) is 22.5. The summed E-state index contributed by atoms with van der Waals surface area (Å²) in [6.45, 7) is 5.78. The van der Waals surface area contributed by atoms with Crippen molar-refractivity contribution in [3.63, 3.8) is 0 Å². The Balaban J connectivity index is 1.74. The summed E-state index contributed by atoms with van der Waals surface area (Å²) >= 11 is 7.54. The molecule has 4 rings (SSSR count). The Labute approximate surface area is 214 Å². The van der Waals surface area contributed by atoms with Crippen molar-refractivity contribution in [1.29, 1.82) is 5.26 Å². The van der Waals surface area contributed by atoms with Crippen LogP contribution >= 0.6 is 23.4 Å². The highest BCUT2D eigenvalue weighted by atomic mass is 35.5. The van der Waals surface area contributed by atoms with Gasteiger partial charge in [-0.1, -0.05) is 71.4 Å². The van der Waals surface area contributed by atoms with Crippen molar-refractivity contribution in [2.45, 2.75) is 32.4 Å². The number of amides is 2. The number of nitrogens with one attached hydrogen (secondary N) is 1. The van der Waals surface area contributed by atoms with Gasteiger partial charge in [0, 0.05) is 10.7 Å². The number of nitrogens with zero attached hydrogens (tertiary/aromatic N) is 2. The lowest BCUT2D eigenvalue weighted by molar-refractivity contribution is -0.117. The Kier molecular flexibility index (Phi) is 7.30. The van der Waals surface area contributed by atoms with Crippen molar-refractivity contribution in [1.82, 2.24) is 0 Å². The largest absolute Gasteiger partial charge is 0.321 e. The fraction of sp³-hybridized carbons (Fsp3) is 0.179. The zero-order chi connectivity index (χ0) is 25.1. The van der Waals surface area contributed by atoms with Gasteiger partial charge in [-0.2, -0.15) is 5.26 Å². The monoisotopic (exact) mass is 501 g/mol. The highest BCUT2D eigenvalue weighted by molar-refractivity contribution is 8.05. The van der Waals surface area contributed by atoms with E-state index in [1.165, 1.54) is 16.7 Å². The van der Waals surface area contributed by atoms with Crippen molar-refractivity contribution in [3.8, 4) is 6.07 Å². The minimum Gasteiger partial charge on any atom is -0.321 e. The second-order valence-corrected chi connectivity index (χ2v) is 10.1. The van der Waals surface area contributed by atoms with E-state index >= 15 is 0 Å². The van der Waals surface area contributed by atoms with Gasteiger partial charge in [-0.05, 0) is 68.1 Å². The number of carbonyl (C=O) groups excluding carboxylic acids is 2. The van der Waals surface area contributed by atoms with Crippen LogP contribution in [0.1, 0.15) is 22.3 Å². The molecule has 0 radical (unpaired) electrons. The maximum atomic E-state index is 13.7. The lowest BCUT2D eigenvalue weighted by atomic mass is 10.1. The van der Waals surface area contributed by atoms with E-state index in [9.17, 15) is 14.9 Å². The molecule has 1 fully saturated rings. The van der Waals surface area contributed by atoms with E-state index in [0.717, 1.165) is 22.3 Å². The van der Waals surface area contributed by atoms with Gasteiger partial charge in [0.05, 0.1) is 10.9 Å². The molecule has 7 heteroatoms. The molecule has 3 aromatic carbocycles. The van der Waals surface area contributed by atoms with Gasteiger partial charge in [0.1, 0.15) is 16.7 Å². The van der Waals surface area contributed by atoms with Crippen LogP contribution < -0.4 is 10.2 Å². The van der Waals surface area contributed by atoms with E-state index in [2.05, 4.69) is 5.32 Å². The van der Waals surface area contributed by atoms with E-state index in [1.54, 1.807) is 12.1 Å². The van der Waals surface area contributed by atoms with Crippen LogP contribution in [-0.2, 0) is 16.0 Å². The number of rotatable bonds is 5. The number of halogens is 1. The molecule has 5 nitrogen and oxygen atoms in total. The predicted molar refractivity (Wildman–Crippen MR) is 142 cm³/mol. The molecule has 176 valence electrons. The highest BCUT2D eigenvalue weighted by Gasteiger charge is 2.41. The van der Waals surface area contributed by atoms with Crippen molar-refractivity contribution in [2.75, 3.05) is 10.2 Å². The molecular weight excluding hydrogens is 478 g/mol. The first-order valence-corrected chi connectivity index (χ1v) is 12.4. The van der Waals surface area contributed by atoms with Gasteiger partial charge in [0.15, 0.2) is 0 Å². The molecule has 0 spiro atoms.